The number of nitrogens with two attached hydrogens (primary N) is 1. The zero-order valence-electron chi connectivity index (χ0n) is 7.65. The molecule has 4 heteroatoms. The van der Waals surface area contributed by atoms with Crippen LogP contribution in [-0.4, -0.2) is 4.92 Å². The minimum Gasteiger partial charge on any atom is -0.324 e. The molecule has 1 unspecified atom stereocenters. The number of hydrogen-bond acceptors (Lipinski definition) is 3. The third-order valence-corrected chi connectivity index (χ3v) is 1.82. The van der Waals surface area contributed by atoms with Gasteiger partial charge in [-0.25, -0.2) is 0 Å². The summed E-state index contributed by atoms with van der Waals surface area (Å²) in [6.45, 7) is 3.62. The zero-order chi connectivity index (χ0) is 10.0. The zero-order valence-corrected chi connectivity index (χ0v) is 7.65. The van der Waals surface area contributed by atoms with Crippen molar-refractivity contribution in [1.82, 2.24) is 0 Å². The van der Waals surface area contributed by atoms with Crippen molar-refractivity contribution in [2.24, 2.45) is 5.73 Å². The fraction of sp³-hybridized carbons (Fsp3) is 0.333. The highest BCUT2D eigenvalue weighted by atomic mass is 16.6. The van der Waals surface area contributed by atoms with Crippen molar-refractivity contribution in [3.05, 3.63) is 39.4 Å². The maximum absolute atomic E-state index is 10.5. The van der Waals surface area contributed by atoms with E-state index < -0.39 is 4.92 Å². The molecule has 0 bridgehead atoms. The van der Waals surface area contributed by atoms with Gasteiger partial charge in [0.25, 0.3) is 5.69 Å². The van der Waals surface area contributed by atoms with Gasteiger partial charge in [-0.1, -0.05) is 6.07 Å². The molecule has 4 nitrogen and oxygen atoms in total. The van der Waals surface area contributed by atoms with E-state index in [0.717, 1.165) is 11.1 Å². The SMILES string of the molecule is Cc1cc(C(C)N)cc([N+](=O)[O-])c1. The van der Waals surface area contributed by atoms with E-state index in [1.807, 2.05) is 13.0 Å². The van der Waals surface area contributed by atoms with Gasteiger partial charge in [-0.2, -0.15) is 0 Å². The van der Waals surface area contributed by atoms with E-state index >= 15 is 0 Å². The molecule has 1 aromatic carbocycles. The minimum absolute atomic E-state index is 0.104. The molecule has 1 aromatic rings. The average molecular weight is 180 g/mol. The Hall–Kier alpha value is -1.42. The van der Waals surface area contributed by atoms with Crippen LogP contribution in [0.5, 0.6) is 0 Å². The highest BCUT2D eigenvalue weighted by Crippen LogP contribution is 2.20. The van der Waals surface area contributed by atoms with Gasteiger partial charge in [0.05, 0.1) is 4.92 Å². The van der Waals surface area contributed by atoms with Crippen molar-refractivity contribution in [1.29, 1.82) is 0 Å². The lowest BCUT2D eigenvalue weighted by atomic mass is 10.1. The molecular weight excluding hydrogens is 168 g/mol. The number of rotatable bonds is 2. The number of benzene rings is 1. The fourth-order valence-electron chi connectivity index (χ4n) is 1.16. The van der Waals surface area contributed by atoms with Crippen molar-refractivity contribution in [3.8, 4) is 0 Å². The van der Waals surface area contributed by atoms with Crippen molar-refractivity contribution in [3.63, 3.8) is 0 Å². The molecule has 0 heterocycles. The lowest BCUT2D eigenvalue weighted by Gasteiger charge is -2.05. The molecule has 0 radical (unpaired) electrons. The summed E-state index contributed by atoms with van der Waals surface area (Å²) < 4.78 is 0. The summed E-state index contributed by atoms with van der Waals surface area (Å²) in [7, 11) is 0. The van der Waals surface area contributed by atoms with E-state index in [4.69, 9.17) is 5.73 Å². The molecule has 0 amide bonds. The highest BCUT2D eigenvalue weighted by molar-refractivity contribution is 5.39. The van der Waals surface area contributed by atoms with E-state index in [1.54, 1.807) is 6.92 Å². The molecule has 0 fully saturated rings. The molecule has 0 spiro atoms. The first-order valence-corrected chi connectivity index (χ1v) is 4.02. The summed E-state index contributed by atoms with van der Waals surface area (Å²) in [4.78, 5) is 10.1. The topological polar surface area (TPSA) is 69.2 Å². The molecule has 2 N–H and O–H groups in total. The number of aryl methyl sites for hydroxylation is 1. The first-order chi connectivity index (χ1) is 6.00. The summed E-state index contributed by atoms with van der Waals surface area (Å²) >= 11 is 0. The van der Waals surface area contributed by atoms with E-state index in [0.29, 0.717) is 0 Å². The first kappa shape index (κ1) is 9.67. The molecule has 1 rings (SSSR count). The molecule has 70 valence electrons. The molecular formula is C9H12N2O2. The minimum atomic E-state index is -0.404. The summed E-state index contributed by atoms with van der Waals surface area (Å²) in [5.41, 5.74) is 7.39. The summed E-state index contributed by atoms with van der Waals surface area (Å²) in [6, 6.07) is 4.74. The Kier molecular flexibility index (Phi) is 2.63. The Balaban J connectivity index is 3.19. The van der Waals surface area contributed by atoms with Crippen molar-refractivity contribution in [2.45, 2.75) is 19.9 Å². The summed E-state index contributed by atoms with van der Waals surface area (Å²) in [5, 5.41) is 10.5. The van der Waals surface area contributed by atoms with E-state index in [-0.39, 0.29) is 11.7 Å². The fourth-order valence-corrected chi connectivity index (χ4v) is 1.16. The van der Waals surface area contributed by atoms with Crippen LogP contribution >= 0.6 is 0 Å². The Morgan fingerprint density at radius 1 is 1.46 bits per heavy atom. The average Bonchev–Trinajstić information content (AvgIpc) is 2.03. The Morgan fingerprint density at radius 2 is 2.08 bits per heavy atom. The van der Waals surface area contributed by atoms with Crippen molar-refractivity contribution in [2.75, 3.05) is 0 Å². The number of non-ortho nitro benzene ring substituents is 1. The molecule has 0 aliphatic heterocycles. The predicted octanol–water partition coefficient (Wildman–Crippen LogP) is 1.92. The molecule has 0 aliphatic rings. The van der Waals surface area contributed by atoms with Crippen LogP contribution in [0.4, 0.5) is 5.69 Å². The summed E-state index contributed by atoms with van der Waals surface area (Å²) in [5.74, 6) is 0. The van der Waals surface area contributed by atoms with Crippen molar-refractivity contribution >= 4 is 5.69 Å². The maximum Gasteiger partial charge on any atom is 0.270 e. The third kappa shape index (κ3) is 2.26. The van der Waals surface area contributed by atoms with Crippen LogP contribution in [0.3, 0.4) is 0 Å². The van der Waals surface area contributed by atoms with Crippen LogP contribution in [0.1, 0.15) is 24.1 Å². The standard InChI is InChI=1S/C9H12N2O2/c1-6-3-8(7(2)10)5-9(4-6)11(12)13/h3-5,7H,10H2,1-2H3. The highest BCUT2D eigenvalue weighted by Gasteiger charge is 2.09. The number of hydrogen-bond donors (Lipinski definition) is 1. The van der Waals surface area contributed by atoms with Crippen LogP contribution in [0.2, 0.25) is 0 Å². The van der Waals surface area contributed by atoms with Crippen LogP contribution < -0.4 is 5.73 Å². The van der Waals surface area contributed by atoms with E-state index in [9.17, 15) is 10.1 Å². The molecule has 1 atom stereocenters. The quantitative estimate of drug-likeness (QED) is 0.558. The number of nitro benzene ring substituents is 1. The van der Waals surface area contributed by atoms with Gasteiger partial charge >= 0.3 is 0 Å². The molecule has 0 aromatic heterocycles. The van der Waals surface area contributed by atoms with Gasteiger partial charge in [0, 0.05) is 18.2 Å². The molecule has 0 saturated heterocycles. The smallest absolute Gasteiger partial charge is 0.270 e. The monoisotopic (exact) mass is 180 g/mol. The molecule has 0 aliphatic carbocycles. The lowest BCUT2D eigenvalue weighted by molar-refractivity contribution is -0.385. The number of nitrogens with zero attached hydrogens (tertiary/aromatic N) is 1. The lowest BCUT2D eigenvalue weighted by Crippen LogP contribution is -2.05. The molecule has 13 heavy (non-hydrogen) atoms. The Bertz CT molecular complexity index is 334. The van der Waals surface area contributed by atoms with Gasteiger partial charge in [-0.05, 0) is 25.0 Å². The van der Waals surface area contributed by atoms with Gasteiger partial charge in [-0.3, -0.25) is 10.1 Å². The van der Waals surface area contributed by atoms with Gasteiger partial charge < -0.3 is 5.73 Å². The van der Waals surface area contributed by atoms with Crippen molar-refractivity contribution < 1.29 is 4.92 Å². The molecule has 0 saturated carbocycles. The maximum atomic E-state index is 10.5. The Labute approximate surface area is 76.5 Å². The van der Waals surface area contributed by atoms with Gasteiger partial charge in [0.2, 0.25) is 0 Å². The summed E-state index contributed by atoms with van der Waals surface area (Å²) in [6.07, 6.45) is 0. The van der Waals surface area contributed by atoms with Crippen LogP contribution in [0, 0.1) is 17.0 Å². The normalized spacial score (nSPS) is 12.5. The number of nitro groups is 1. The third-order valence-electron chi connectivity index (χ3n) is 1.82. The van der Waals surface area contributed by atoms with E-state index in [2.05, 4.69) is 0 Å². The van der Waals surface area contributed by atoms with Gasteiger partial charge in [0.15, 0.2) is 0 Å². The van der Waals surface area contributed by atoms with E-state index in [1.165, 1.54) is 12.1 Å². The first-order valence-electron chi connectivity index (χ1n) is 4.02. The second-order valence-electron chi connectivity index (χ2n) is 3.15. The Morgan fingerprint density at radius 3 is 2.54 bits per heavy atom. The van der Waals surface area contributed by atoms with Crippen LogP contribution in [0.25, 0.3) is 0 Å². The van der Waals surface area contributed by atoms with Crippen LogP contribution in [0.15, 0.2) is 18.2 Å². The predicted molar refractivity (Wildman–Crippen MR) is 50.4 cm³/mol. The second kappa shape index (κ2) is 3.53. The second-order valence-corrected chi connectivity index (χ2v) is 3.15. The van der Waals surface area contributed by atoms with Gasteiger partial charge in [0.1, 0.15) is 0 Å². The van der Waals surface area contributed by atoms with Crippen LogP contribution in [-0.2, 0) is 0 Å². The largest absolute Gasteiger partial charge is 0.324 e. The van der Waals surface area contributed by atoms with Gasteiger partial charge in [-0.15, -0.1) is 0 Å².